The highest BCUT2D eigenvalue weighted by molar-refractivity contribution is 5.78. The van der Waals surface area contributed by atoms with Crippen LogP contribution in [0.1, 0.15) is 48.9 Å². The molecule has 4 rings (SSSR count). The molecular formula is C23H30FN5O. The average Bonchev–Trinajstić information content (AvgIpc) is 2.93. The van der Waals surface area contributed by atoms with E-state index >= 15 is 4.39 Å². The third-order valence-electron chi connectivity index (χ3n) is 5.89. The predicted molar refractivity (Wildman–Crippen MR) is 119 cm³/mol. The van der Waals surface area contributed by atoms with Crippen molar-refractivity contribution in [2.75, 3.05) is 44.4 Å². The summed E-state index contributed by atoms with van der Waals surface area (Å²) < 4.78 is 21.9. The lowest BCUT2D eigenvalue weighted by Crippen LogP contribution is -2.17. The summed E-state index contributed by atoms with van der Waals surface area (Å²) in [5, 5.41) is 6.15. The lowest BCUT2D eigenvalue weighted by molar-refractivity contribution is 0.270. The van der Waals surface area contributed by atoms with Crippen LogP contribution in [-0.4, -0.2) is 48.7 Å². The molecule has 0 unspecified atom stereocenters. The van der Waals surface area contributed by atoms with E-state index in [1.165, 1.54) is 0 Å². The van der Waals surface area contributed by atoms with E-state index in [-0.39, 0.29) is 5.82 Å². The summed E-state index contributed by atoms with van der Waals surface area (Å²) in [5.41, 5.74) is 3.86. The summed E-state index contributed by atoms with van der Waals surface area (Å²) >= 11 is 0. The second-order valence-electron chi connectivity index (χ2n) is 8.26. The second kappa shape index (κ2) is 8.60. The molecule has 7 heteroatoms. The molecule has 0 spiro atoms. The lowest BCUT2D eigenvalue weighted by Gasteiger charge is -2.28. The Bertz CT molecular complexity index is 975. The first-order valence-electron chi connectivity index (χ1n) is 10.6. The highest BCUT2D eigenvalue weighted by Gasteiger charge is 2.28. The number of likely N-dealkylation sites (N-methyl/N-ethyl adjacent to an activating group) is 1. The van der Waals surface area contributed by atoms with Crippen molar-refractivity contribution in [2.45, 2.75) is 39.0 Å². The molecule has 0 saturated heterocycles. The van der Waals surface area contributed by atoms with Crippen molar-refractivity contribution in [2.24, 2.45) is 0 Å². The first-order valence-corrected chi connectivity index (χ1v) is 10.6. The van der Waals surface area contributed by atoms with Gasteiger partial charge in [-0.15, -0.1) is 0 Å². The summed E-state index contributed by atoms with van der Waals surface area (Å²) in [6.45, 7) is 6.49. The fourth-order valence-electron chi connectivity index (χ4n) is 4.15. The van der Waals surface area contributed by atoms with Crippen molar-refractivity contribution in [3.8, 4) is 5.75 Å². The molecule has 2 N–H and O–H groups in total. The van der Waals surface area contributed by atoms with E-state index in [0.717, 1.165) is 49.2 Å². The Morgan fingerprint density at radius 2 is 2.10 bits per heavy atom. The van der Waals surface area contributed by atoms with Gasteiger partial charge in [-0.3, -0.25) is 0 Å². The van der Waals surface area contributed by atoms with E-state index in [1.54, 1.807) is 7.05 Å². The fraction of sp³-hybridized carbons (Fsp3) is 0.478. The molecule has 1 aromatic heterocycles. The lowest BCUT2D eigenvalue weighted by atomic mass is 9.88. The van der Waals surface area contributed by atoms with Gasteiger partial charge in [-0.1, -0.05) is 13.0 Å². The van der Waals surface area contributed by atoms with Crippen LogP contribution in [-0.2, 0) is 0 Å². The maximum absolute atomic E-state index is 15.9. The Morgan fingerprint density at radius 1 is 1.27 bits per heavy atom. The van der Waals surface area contributed by atoms with Crippen LogP contribution in [0.3, 0.4) is 0 Å². The van der Waals surface area contributed by atoms with Gasteiger partial charge in [0, 0.05) is 25.4 Å². The molecule has 2 aromatic rings. The van der Waals surface area contributed by atoms with Gasteiger partial charge in [0.2, 0.25) is 5.95 Å². The molecule has 0 fully saturated rings. The number of hydrogen-bond acceptors (Lipinski definition) is 6. The van der Waals surface area contributed by atoms with Crippen LogP contribution in [0.15, 0.2) is 18.2 Å². The molecule has 0 radical (unpaired) electrons. The molecule has 0 aliphatic carbocycles. The van der Waals surface area contributed by atoms with Crippen LogP contribution in [0.5, 0.6) is 5.75 Å². The molecule has 6 nitrogen and oxygen atoms in total. The zero-order chi connectivity index (χ0) is 21.3. The monoisotopic (exact) mass is 411 g/mol. The van der Waals surface area contributed by atoms with Crippen LogP contribution >= 0.6 is 0 Å². The molecule has 2 aliphatic heterocycles. The van der Waals surface area contributed by atoms with Gasteiger partial charge in [0.25, 0.3) is 0 Å². The molecule has 0 amide bonds. The third kappa shape index (κ3) is 4.12. The number of aryl methyl sites for hydroxylation is 1. The number of halogens is 1. The highest BCUT2D eigenvalue weighted by atomic mass is 19.1. The minimum atomic E-state index is -0.297. The molecule has 3 heterocycles. The minimum absolute atomic E-state index is 0.297. The maximum atomic E-state index is 15.9. The number of ether oxygens (including phenoxy) is 1. The molecule has 1 atom stereocenters. The van der Waals surface area contributed by atoms with Crippen molar-refractivity contribution in [3.05, 3.63) is 40.8 Å². The van der Waals surface area contributed by atoms with E-state index < -0.39 is 0 Å². The van der Waals surface area contributed by atoms with Gasteiger partial charge >= 0.3 is 0 Å². The number of allylic oxidation sites excluding steroid dienone is 1. The highest BCUT2D eigenvalue weighted by Crippen LogP contribution is 2.45. The van der Waals surface area contributed by atoms with E-state index in [4.69, 9.17) is 4.74 Å². The van der Waals surface area contributed by atoms with Gasteiger partial charge in [0.15, 0.2) is 5.82 Å². The van der Waals surface area contributed by atoms with Crippen LogP contribution in [0.25, 0.3) is 5.57 Å². The number of hydrogen-bond donors (Lipinski definition) is 2. The van der Waals surface area contributed by atoms with Crippen molar-refractivity contribution < 1.29 is 9.13 Å². The topological polar surface area (TPSA) is 62.3 Å². The molecule has 2 aliphatic rings. The van der Waals surface area contributed by atoms with Crippen molar-refractivity contribution in [1.82, 2.24) is 14.9 Å². The second-order valence-corrected chi connectivity index (χ2v) is 8.26. The Morgan fingerprint density at radius 3 is 2.90 bits per heavy atom. The van der Waals surface area contributed by atoms with Crippen LogP contribution in [0.2, 0.25) is 0 Å². The van der Waals surface area contributed by atoms with E-state index in [9.17, 15) is 0 Å². The standard InChI is InChI=1S/C23H30FN5O/c1-14-8-11-30-22-17(14)13-18(27-23-26-15(2)12-19(25-3)28-23)21(24)20(22)16-6-5-9-29(4)10-7-16/h7,12-14H,5-6,8-11H2,1-4H3,(H2,25,26,27,28)/t14-/m1/s1. The Labute approximate surface area is 177 Å². The number of aromatic nitrogens is 2. The van der Waals surface area contributed by atoms with Gasteiger partial charge in [-0.25, -0.2) is 9.37 Å². The van der Waals surface area contributed by atoms with Crippen molar-refractivity contribution >= 4 is 23.0 Å². The smallest absolute Gasteiger partial charge is 0.229 e. The third-order valence-corrected chi connectivity index (χ3v) is 5.89. The number of fused-ring (bicyclic) bond motifs is 1. The molecular weight excluding hydrogens is 381 g/mol. The van der Waals surface area contributed by atoms with Gasteiger partial charge < -0.3 is 20.3 Å². The number of anilines is 3. The maximum Gasteiger partial charge on any atom is 0.229 e. The average molecular weight is 412 g/mol. The summed E-state index contributed by atoms with van der Waals surface area (Å²) in [6, 6.07) is 3.72. The normalized spacial score (nSPS) is 19.4. The first-order chi connectivity index (χ1) is 14.5. The molecule has 0 bridgehead atoms. The predicted octanol–water partition coefficient (Wildman–Crippen LogP) is 4.70. The van der Waals surface area contributed by atoms with Crippen LogP contribution < -0.4 is 15.4 Å². The van der Waals surface area contributed by atoms with E-state index in [2.05, 4.69) is 45.5 Å². The largest absolute Gasteiger partial charge is 0.493 e. The summed E-state index contributed by atoms with van der Waals surface area (Å²) in [6.07, 6.45) is 4.89. The minimum Gasteiger partial charge on any atom is -0.493 e. The Kier molecular flexibility index (Phi) is 5.90. The number of nitrogens with zero attached hydrogens (tertiary/aromatic N) is 3. The summed E-state index contributed by atoms with van der Waals surface area (Å²) in [4.78, 5) is 11.1. The van der Waals surface area contributed by atoms with Crippen molar-refractivity contribution in [3.63, 3.8) is 0 Å². The quantitative estimate of drug-likeness (QED) is 0.760. The van der Waals surface area contributed by atoms with Gasteiger partial charge in [-0.05, 0) is 62.9 Å². The Balaban J connectivity index is 1.82. The Hall–Kier alpha value is -2.67. The number of nitrogens with one attached hydrogen (secondary N) is 2. The molecule has 0 saturated carbocycles. The van der Waals surface area contributed by atoms with Gasteiger partial charge in [-0.2, -0.15) is 4.98 Å². The van der Waals surface area contributed by atoms with Gasteiger partial charge in [0.1, 0.15) is 11.6 Å². The zero-order valence-corrected chi connectivity index (χ0v) is 18.2. The van der Waals surface area contributed by atoms with E-state index in [0.29, 0.717) is 41.3 Å². The zero-order valence-electron chi connectivity index (χ0n) is 18.2. The van der Waals surface area contributed by atoms with Crippen molar-refractivity contribution in [1.29, 1.82) is 0 Å². The summed E-state index contributed by atoms with van der Waals surface area (Å²) in [5.74, 6) is 1.77. The first kappa shape index (κ1) is 20.6. The molecule has 30 heavy (non-hydrogen) atoms. The van der Waals surface area contributed by atoms with E-state index in [1.807, 2.05) is 19.1 Å². The van der Waals surface area contributed by atoms with Crippen LogP contribution in [0.4, 0.5) is 21.8 Å². The SMILES string of the molecule is CNc1cc(C)nc(Nc2cc3c(c(C4=CCN(C)CCC4)c2F)OCC[C@H]3C)n1. The van der Waals surface area contributed by atoms with Gasteiger partial charge in [0.05, 0.1) is 17.9 Å². The molecule has 1 aromatic carbocycles. The van der Waals surface area contributed by atoms with Crippen LogP contribution in [0, 0.1) is 12.7 Å². The fourth-order valence-corrected chi connectivity index (χ4v) is 4.15. The number of rotatable bonds is 4. The summed E-state index contributed by atoms with van der Waals surface area (Å²) in [7, 11) is 3.90. The molecule has 160 valence electrons. The number of benzene rings is 1.